The minimum absolute atomic E-state index is 0.186. The molecule has 0 unspecified atom stereocenters. The lowest BCUT2D eigenvalue weighted by molar-refractivity contribution is -0.118. The van der Waals surface area contributed by atoms with E-state index in [1.807, 2.05) is 18.5 Å². The molecule has 0 saturated heterocycles. The van der Waals surface area contributed by atoms with E-state index in [0.29, 0.717) is 24.5 Å². The quantitative estimate of drug-likeness (QED) is 0.684. The molecular weight excluding hydrogens is 252 g/mol. The summed E-state index contributed by atoms with van der Waals surface area (Å²) >= 11 is 6.25. The second-order valence-corrected chi connectivity index (χ2v) is 4.57. The standard InChI is InChI=1S/C13H21ClN2O2/c1-4-11-13(14)12(16(5-2)15-11)9-10(17)7-6-8-18-3/h4-9H2,1-3H3. The van der Waals surface area contributed by atoms with E-state index in [2.05, 4.69) is 5.10 Å². The van der Waals surface area contributed by atoms with E-state index < -0.39 is 0 Å². The molecule has 0 amide bonds. The molecule has 1 aromatic heterocycles. The maximum absolute atomic E-state index is 11.8. The zero-order chi connectivity index (χ0) is 13.5. The van der Waals surface area contributed by atoms with Crippen LogP contribution in [0.2, 0.25) is 5.02 Å². The molecule has 0 fully saturated rings. The third kappa shape index (κ3) is 3.82. The molecule has 0 aromatic carbocycles. The van der Waals surface area contributed by atoms with E-state index >= 15 is 0 Å². The fourth-order valence-electron chi connectivity index (χ4n) is 1.87. The summed E-state index contributed by atoms with van der Waals surface area (Å²) in [6, 6.07) is 0. The van der Waals surface area contributed by atoms with Crippen molar-refractivity contribution in [3.63, 3.8) is 0 Å². The van der Waals surface area contributed by atoms with E-state index in [1.165, 1.54) is 0 Å². The van der Waals surface area contributed by atoms with Gasteiger partial charge in [-0.25, -0.2) is 0 Å². The SMILES string of the molecule is CCc1nn(CC)c(CC(=O)CCCOC)c1Cl. The number of hydrogen-bond donors (Lipinski definition) is 0. The van der Waals surface area contributed by atoms with Crippen LogP contribution >= 0.6 is 11.6 Å². The van der Waals surface area contributed by atoms with Crippen LogP contribution in [0.1, 0.15) is 38.1 Å². The molecule has 0 aliphatic heterocycles. The van der Waals surface area contributed by atoms with Crippen molar-refractivity contribution in [3.8, 4) is 0 Å². The average Bonchev–Trinajstić information content (AvgIpc) is 2.66. The fraction of sp³-hybridized carbons (Fsp3) is 0.692. The lowest BCUT2D eigenvalue weighted by atomic mass is 10.1. The van der Waals surface area contributed by atoms with Crippen LogP contribution in [0.5, 0.6) is 0 Å². The molecule has 4 nitrogen and oxygen atoms in total. The van der Waals surface area contributed by atoms with Gasteiger partial charge in [-0.05, 0) is 19.8 Å². The highest BCUT2D eigenvalue weighted by atomic mass is 35.5. The molecule has 0 saturated carbocycles. The first-order valence-corrected chi connectivity index (χ1v) is 6.76. The Morgan fingerprint density at radius 3 is 2.72 bits per heavy atom. The smallest absolute Gasteiger partial charge is 0.138 e. The van der Waals surface area contributed by atoms with E-state index in [1.54, 1.807) is 7.11 Å². The Bertz CT molecular complexity index is 402. The van der Waals surface area contributed by atoms with Crippen molar-refractivity contribution < 1.29 is 9.53 Å². The zero-order valence-electron chi connectivity index (χ0n) is 11.3. The van der Waals surface area contributed by atoms with Gasteiger partial charge >= 0.3 is 0 Å². The van der Waals surface area contributed by atoms with Crippen LogP contribution in [-0.4, -0.2) is 29.3 Å². The molecule has 5 heteroatoms. The molecule has 1 aromatic rings. The topological polar surface area (TPSA) is 44.1 Å². The van der Waals surface area contributed by atoms with Crippen LogP contribution in [-0.2, 0) is 28.9 Å². The number of aromatic nitrogens is 2. The summed E-state index contributed by atoms with van der Waals surface area (Å²) < 4.78 is 6.77. The van der Waals surface area contributed by atoms with Crippen LogP contribution in [0.4, 0.5) is 0 Å². The van der Waals surface area contributed by atoms with Crippen LogP contribution in [0, 0.1) is 0 Å². The van der Waals surface area contributed by atoms with E-state index in [4.69, 9.17) is 16.3 Å². The maximum atomic E-state index is 11.8. The Morgan fingerprint density at radius 2 is 2.17 bits per heavy atom. The van der Waals surface area contributed by atoms with Gasteiger partial charge in [-0.15, -0.1) is 0 Å². The van der Waals surface area contributed by atoms with Gasteiger partial charge in [0.15, 0.2) is 0 Å². The summed E-state index contributed by atoms with van der Waals surface area (Å²) in [4.78, 5) is 11.8. The summed E-state index contributed by atoms with van der Waals surface area (Å²) in [6.45, 7) is 5.37. The van der Waals surface area contributed by atoms with Crippen molar-refractivity contribution in [1.29, 1.82) is 0 Å². The molecule has 1 heterocycles. The summed E-state index contributed by atoms with van der Waals surface area (Å²) in [6.07, 6.45) is 2.44. The average molecular weight is 273 g/mol. The van der Waals surface area contributed by atoms with Crippen molar-refractivity contribution in [2.24, 2.45) is 0 Å². The third-order valence-corrected chi connectivity index (χ3v) is 3.30. The first kappa shape index (κ1) is 15.2. The van der Waals surface area contributed by atoms with E-state index in [9.17, 15) is 4.79 Å². The number of aryl methyl sites for hydroxylation is 2. The van der Waals surface area contributed by atoms with Gasteiger partial charge in [-0.3, -0.25) is 9.48 Å². The summed E-state index contributed by atoms with van der Waals surface area (Å²) in [5, 5.41) is 5.06. The number of carbonyl (C=O) groups is 1. The van der Waals surface area contributed by atoms with Gasteiger partial charge in [-0.1, -0.05) is 18.5 Å². The molecule has 0 bridgehead atoms. The van der Waals surface area contributed by atoms with Crippen molar-refractivity contribution >= 4 is 17.4 Å². The van der Waals surface area contributed by atoms with Crippen LogP contribution in [0.15, 0.2) is 0 Å². The van der Waals surface area contributed by atoms with Crippen molar-refractivity contribution in [2.75, 3.05) is 13.7 Å². The minimum atomic E-state index is 0.186. The minimum Gasteiger partial charge on any atom is -0.385 e. The number of hydrogen-bond acceptors (Lipinski definition) is 3. The second kappa shape index (κ2) is 7.54. The van der Waals surface area contributed by atoms with Crippen molar-refractivity contribution in [3.05, 3.63) is 16.4 Å². The van der Waals surface area contributed by atoms with E-state index in [0.717, 1.165) is 30.8 Å². The second-order valence-electron chi connectivity index (χ2n) is 4.19. The molecule has 0 radical (unpaired) electrons. The first-order chi connectivity index (χ1) is 8.63. The number of ether oxygens (including phenoxy) is 1. The maximum Gasteiger partial charge on any atom is 0.138 e. The highest BCUT2D eigenvalue weighted by molar-refractivity contribution is 6.32. The highest BCUT2D eigenvalue weighted by Gasteiger charge is 2.16. The van der Waals surface area contributed by atoms with Crippen LogP contribution in [0.3, 0.4) is 0 Å². The molecule has 0 aliphatic carbocycles. The summed E-state index contributed by atoms with van der Waals surface area (Å²) in [5.74, 6) is 0.186. The largest absolute Gasteiger partial charge is 0.385 e. The lowest BCUT2D eigenvalue weighted by Crippen LogP contribution is -2.10. The Morgan fingerprint density at radius 1 is 1.44 bits per heavy atom. The molecule has 18 heavy (non-hydrogen) atoms. The van der Waals surface area contributed by atoms with Crippen LogP contribution < -0.4 is 0 Å². The Balaban J connectivity index is 2.70. The van der Waals surface area contributed by atoms with Gasteiger partial charge < -0.3 is 4.74 Å². The van der Waals surface area contributed by atoms with Crippen molar-refractivity contribution in [1.82, 2.24) is 9.78 Å². The normalized spacial score (nSPS) is 10.9. The lowest BCUT2D eigenvalue weighted by Gasteiger charge is -2.04. The molecule has 102 valence electrons. The summed E-state index contributed by atoms with van der Waals surface area (Å²) in [5.41, 5.74) is 1.72. The molecular formula is C13H21ClN2O2. The molecule has 0 spiro atoms. The number of rotatable bonds is 8. The first-order valence-electron chi connectivity index (χ1n) is 6.38. The molecule has 0 atom stereocenters. The van der Waals surface area contributed by atoms with Gasteiger partial charge in [0.05, 0.1) is 16.4 Å². The van der Waals surface area contributed by atoms with Gasteiger partial charge in [0.1, 0.15) is 5.78 Å². The van der Waals surface area contributed by atoms with Gasteiger partial charge in [-0.2, -0.15) is 5.10 Å². The number of carbonyl (C=O) groups excluding carboxylic acids is 1. The van der Waals surface area contributed by atoms with Gasteiger partial charge in [0.2, 0.25) is 0 Å². The predicted molar refractivity (Wildman–Crippen MR) is 72.1 cm³/mol. The fourth-order valence-corrected chi connectivity index (χ4v) is 2.21. The Hall–Kier alpha value is -0.870. The van der Waals surface area contributed by atoms with Gasteiger partial charge in [0, 0.05) is 33.1 Å². The van der Waals surface area contributed by atoms with E-state index in [-0.39, 0.29) is 5.78 Å². The number of halogens is 1. The van der Waals surface area contributed by atoms with Crippen molar-refractivity contribution in [2.45, 2.75) is 46.1 Å². The van der Waals surface area contributed by atoms with Gasteiger partial charge in [0.25, 0.3) is 0 Å². The number of nitrogens with zero attached hydrogens (tertiary/aromatic N) is 2. The Kier molecular flexibility index (Phi) is 6.36. The number of ketones is 1. The highest BCUT2D eigenvalue weighted by Crippen LogP contribution is 2.22. The molecule has 0 aliphatic rings. The van der Waals surface area contributed by atoms with Crippen LogP contribution in [0.25, 0.3) is 0 Å². The summed E-state index contributed by atoms with van der Waals surface area (Å²) in [7, 11) is 1.64. The monoisotopic (exact) mass is 272 g/mol. The molecule has 0 N–H and O–H groups in total. The predicted octanol–water partition coefficient (Wildman–Crippen LogP) is 2.66. The molecule has 1 rings (SSSR count). The number of Topliss-reactive ketones (excluding diaryl/α,β-unsaturated/α-hetero) is 1. The zero-order valence-corrected chi connectivity index (χ0v) is 12.1. The number of methoxy groups -OCH3 is 1. The third-order valence-electron chi connectivity index (χ3n) is 2.86. The Labute approximate surface area is 113 Å².